The molecule has 1 aliphatic carbocycles. The van der Waals surface area contributed by atoms with E-state index in [0.717, 1.165) is 25.7 Å². The van der Waals surface area contributed by atoms with E-state index in [1.807, 2.05) is 0 Å². The van der Waals surface area contributed by atoms with Crippen LogP contribution in [0.5, 0.6) is 5.75 Å². The summed E-state index contributed by atoms with van der Waals surface area (Å²) in [5, 5.41) is 10.0. The van der Waals surface area contributed by atoms with Gasteiger partial charge >= 0.3 is 5.97 Å². The molecule has 3 rings (SSSR count). The molecule has 0 unspecified atom stereocenters. The number of nitrogens with two attached hydrogens (primary N) is 1. The van der Waals surface area contributed by atoms with E-state index in [1.54, 1.807) is 24.3 Å². The topological polar surface area (TPSA) is 111 Å². The molecule has 23 heavy (non-hydrogen) atoms. The quantitative estimate of drug-likeness (QED) is 0.663. The first-order valence-corrected chi connectivity index (χ1v) is 7.68. The molecule has 120 valence electrons. The molecule has 1 amide bonds. The standard InChI is InChI=1S/C16H18N4O3/c17-15(21)14-13(18-20-19-14)10-6-8-12(9-7-10)23-16(22)11-4-2-1-3-5-11/h6-9,11H,1-5H2,(H2,17,21)(H,18,19,20). The summed E-state index contributed by atoms with van der Waals surface area (Å²) in [4.78, 5) is 23.4. The predicted molar refractivity (Wildman–Crippen MR) is 82.5 cm³/mol. The van der Waals surface area contributed by atoms with Crippen LogP contribution in [-0.2, 0) is 4.79 Å². The average Bonchev–Trinajstić information content (AvgIpc) is 3.06. The number of hydrogen-bond acceptors (Lipinski definition) is 5. The third-order valence-corrected chi connectivity index (χ3v) is 4.07. The van der Waals surface area contributed by atoms with Crippen molar-refractivity contribution in [2.45, 2.75) is 32.1 Å². The van der Waals surface area contributed by atoms with E-state index in [-0.39, 0.29) is 17.6 Å². The molecule has 1 fully saturated rings. The van der Waals surface area contributed by atoms with E-state index in [1.165, 1.54) is 6.42 Å². The van der Waals surface area contributed by atoms with E-state index < -0.39 is 5.91 Å². The van der Waals surface area contributed by atoms with E-state index >= 15 is 0 Å². The van der Waals surface area contributed by atoms with Crippen molar-refractivity contribution in [3.63, 3.8) is 0 Å². The Kier molecular flexibility index (Phi) is 4.36. The molecular weight excluding hydrogens is 296 g/mol. The van der Waals surface area contributed by atoms with Gasteiger partial charge in [-0.1, -0.05) is 19.3 Å². The van der Waals surface area contributed by atoms with E-state index in [9.17, 15) is 9.59 Å². The number of benzene rings is 1. The number of esters is 1. The number of rotatable bonds is 4. The molecule has 0 aliphatic heterocycles. The molecular formula is C16H18N4O3. The minimum Gasteiger partial charge on any atom is -0.426 e. The third-order valence-electron chi connectivity index (χ3n) is 4.07. The molecule has 1 saturated carbocycles. The van der Waals surface area contributed by atoms with Gasteiger partial charge in [0.05, 0.1) is 5.92 Å². The van der Waals surface area contributed by atoms with Crippen molar-refractivity contribution in [3.05, 3.63) is 30.0 Å². The number of aromatic amines is 1. The molecule has 7 nitrogen and oxygen atoms in total. The Morgan fingerprint density at radius 2 is 1.78 bits per heavy atom. The van der Waals surface area contributed by atoms with Crippen molar-refractivity contribution in [1.29, 1.82) is 0 Å². The zero-order valence-corrected chi connectivity index (χ0v) is 12.6. The van der Waals surface area contributed by atoms with Crippen molar-refractivity contribution >= 4 is 11.9 Å². The minimum atomic E-state index is -0.651. The van der Waals surface area contributed by atoms with Gasteiger partial charge in [0.25, 0.3) is 5.91 Å². The number of nitrogens with zero attached hydrogens (tertiary/aromatic N) is 2. The lowest BCUT2D eigenvalue weighted by Gasteiger charge is -2.19. The monoisotopic (exact) mass is 314 g/mol. The zero-order chi connectivity index (χ0) is 16.2. The molecule has 1 aromatic heterocycles. The molecule has 2 aromatic rings. The maximum absolute atomic E-state index is 12.1. The fourth-order valence-corrected chi connectivity index (χ4v) is 2.82. The number of primary amides is 1. The first-order chi connectivity index (χ1) is 11.1. The molecule has 1 heterocycles. The fraction of sp³-hybridized carbons (Fsp3) is 0.375. The highest BCUT2D eigenvalue weighted by atomic mass is 16.5. The van der Waals surface area contributed by atoms with Gasteiger partial charge in [0.15, 0.2) is 5.69 Å². The van der Waals surface area contributed by atoms with Crippen molar-refractivity contribution in [1.82, 2.24) is 15.4 Å². The smallest absolute Gasteiger partial charge is 0.314 e. The van der Waals surface area contributed by atoms with Crippen LogP contribution in [0.3, 0.4) is 0 Å². The number of ether oxygens (including phenoxy) is 1. The molecule has 0 radical (unpaired) electrons. The van der Waals surface area contributed by atoms with Crippen LogP contribution in [0, 0.1) is 5.92 Å². The molecule has 0 atom stereocenters. The Balaban J connectivity index is 1.70. The number of aromatic nitrogens is 3. The van der Waals surface area contributed by atoms with Gasteiger partial charge in [-0.3, -0.25) is 9.59 Å². The Hall–Kier alpha value is -2.70. The fourth-order valence-electron chi connectivity index (χ4n) is 2.82. The SMILES string of the molecule is NC(=O)c1n[nH]nc1-c1ccc(OC(=O)C2CCCCC2)cc1. The van der Waals surface area contributed by atoms with Crippen LogP contribution in [0.25, 0.3) is 11.3 Å². The van der Waals surface area contributed by atoms with Crippen LogP contribution in [0.4, 0.5) is 0 Å². The van der Waals surface area contributed by atoms with Gasteiger partial charge in [-0.05, 0) is 37.1 Å². The average molecular weight is 314 g/mol. The summed E-state index contributed by atoms with van der Waals surface area (Å²) in [7, 11) is 0. The lowest BCUT2D eigenvalue weighted by atomic mass is 9.89. The molecule has 1 aliphatic rings. The molecule has 0 saturated heterocycles. The van der Waals surface area contributed by atoms with Gasteiger partial charge in [-0.2, -0.15) is 15.4 Å². The number of hydrogen-bond donors (Lipinski definition) is 2. The first kappa shape index (κ1) is 15.2. The van der Waals surface area contributed by atoms with Crippen LogP contribution in [-0.4, -0.2) is 27.3 Å². The van der Waals surface area contributed by atoms with E-state index in [0.29, 0.717) is 17.0 Å². The number of amides is 1. The molecule has 0 bridgehead atoms. The maximum atomic E-state index is 12.1. The van der Waals surface area contributed by atoms with Crippen molar-refractivity contribution in [2.24, 2.45) is 11.7 Å². The second-order valence-corrected chi connectivity index (χ2v) is 5.67. The molecule has 7 heteroatoms. The number of carbonyl (C=O) groups excluding carboxylic acids is 2. The normalized spacial score (nSPS) is 15.3. The van der Waals surface area contributed by atoms with Gasteiger partial charge in [0, 0.05) is 5.56 Å². The summed E-state index contributed by atoms with van der Waals surface area (Å²) in [6.45, 7) is 0. The van der Waals surface area contributed by atoms with Gasteiger partial charge in [0.2, 0.25) is 0 Å². The van der Waals surface area contributed by atoms with Crippen LogP contribution in [0.2, 0.25) is 0 Å². The summed E-state index contributed by atoms with van der Waals surface area (Å²) >= 11 is 0. The van der Waals surface area contributed by atoms with E-state index in [2.05, 4.69) is 15.4 Å². The number of carbonyl (C=O) groups is 2. The number of nitrogens with one attached hydrogen (secondary N) is 1. The Morgan fingerprint density at radius 1 is 1.09 bits per heavy atom. The summed E-state index contributed by atoms with van der Waals surface area (Å²) in [5.41, 5.74) is 6.37. The lowest BCUT2D eigenvalue weighted by Crippen LogP contribution is -2.22. The second kappa shape index (κ2) is 6.60. The van der Waals surface area contributed by atoms with Crippen molar-refractivity contribution < 1.29 is 14.3 Å². The van der Waals surface area contributed by atoms with Gasteiger partial charge in [-0.25, -0.2) is 0 Å². The maximum Gasteiger partial charge on any atom is 0.314 e. The predicted octanol–water partition coefficient (Wildman–Crippen LogP) is 2.06. The highest BCUT2D eigenvalue weighted by molar-refractivity contribution is 5.96. The van der Waals surface area contributed by atoms with Crippen molar-refractivity contribution in [3.8, 4) is 17.0 Å². The summed E-state index contributed by atoms with van der Waals surface area (Å²) < 4.78 is 5.43. The molecule has 3 N–H and O–H groups in total. The Bertz CT molecular complexity index is 702. The summed E-state index contributed by atoms with van der Waals surface area (Å²) in [5.74, 6) is -0.341. The first-order valence-electron chi connectivity index (χ1n) is 7.68. The molecule has 0 spiro atoms. The zero-order valence-electron chi connectivity index (χ0n) is 12.6. The third kappa shape index (κ3) is 3.39. The minimum absolute atomic E-state index is 0.000399. The van der Waals surface area contributed by atoms with Crippen LogP contribution < -0.4 is 10.5 Å². The highest BCUT2D eigenvalue weighted by Gasteiger charge is 2.23. The second-order valence-electron chi connectivity index (χ2n) is 5.67. The van der Waals surface area contributed by atoms with Gasteiger partial charge < -0.3 is 10.5 Å². The molecule has 1 aromatic carbocycles. The highest BCUT2D eigenvalue weighted by Crippen LogP contribution is 2.27. The van der Waals surface area contributed by atoms with Crippen LogP contribution >= 0.6 is 0 Å². The van der Waals surface area contributed by atoms with Crippen molar-refractivity contribution in [2.75, 3.05) is 0 Å². The van der Waals surface area contributed by atoms with Crippen LogP contribution in [0.15, 0.2) is 24.3 Å². The summed E-state index contributed by atoms with van der Waals surface area (Å²) in [6, 6.07) is 6.78. The van der Waals surface area contributed by atoms with Crippen LogP contribution in [0.1, 0.15) is 42.6 Å². The largest absolute Gasteiger partial charge is 0.426 e. The lowest BCUT2D eigenvalue weighted by molar-refractivity contribution is -0.139. The van der Waals surface area contributed by atoms with E-state index in [4.69, 9.17) is 10.5 Å². The summed E-state index contributed by atoms with van der Waals surface area (Å²) in [6.07, 6.45) is 5.16. The van der Waals surface area contributed by atoms with Gasteiger partial charge in [-0.15, -0.1) is 0 Å². The Labute approximate surface area is 133 Å². The van der Waals surface area contributed by atoms with Gasteiger partial charge in [0.1, 0.15) is 11.4 Å². The number of H-pyrrole nitrogens is 1. The Morgan fingerprint density at radius 3 is 2.43 bits per heavy atom.